The van der Waals surface area contributed by atoms with Crippen molar-refractivity contribution in [3.05, 3.63) is 60.1 Å². The molecule has 1 aromatic carbocycles. The Morgan fingerprint density at radius 2 is 1.92 bits per heavy atom. The van der Waals surface area contributed by atoms with Gasteiger partial charge in [0, 0.05) is 51.6 Å². The molecule has 142 valence electrons. The minimum atomic E-state index is 0. The van der Waals surface area contributed by atoms with Crippen molar-refractivity contribution in [2.45, 2.75) is 18.8 Å². The van der Waals surface area contributed by atoms with E-state index < -0.39 is 0 Å². The van der Waals surface area contributed by atoms with Crippen LogP contribution in [0.5, 0.6) is 0 Å². The van der Waals surface area contributed by atoms with Crippen LogP contribution < -0.4 is 10.6 Å². The summed E-state index contributed by atoms with van der Waals surface area (Å²) < 4.78 is 5.57. The Morgan fingerprint density at radius 3 is 2.62 bits per heavy atom. The van der Waals surface area contributed by atoms with Gasteiger partial charge in [0.2, 0.25) is 5.91 Å². The monoisotopic (exact) mass is 377 g/mol. The fourth-order valence-electron chi connectivity index (χ4n) is 3.28. The first-order chi connectivity index (χ1) is 12.3. The lowest BCUT2D eigenvalue weighted by atomic mass is 9.93. The summed E-state index contributed by atoms with van der Waals surface area (Å²) in [7, 11) is 0. The third-order valence-corrected chi connectivity index (χ3v) is 4.66. The lowest BCUT2D eigenvalue weighted by molar-refractivity contribution is -0.121. The molecule has 0 radical (unpaired) electrons. The second kappa shape index (κ2) is 11.0. The molecule has 1 aliphatic heterocycles. The number of rotatable bonds is 8. The van der Waals surface area contributed by atoms with Crippen molar-refractivity contribution in [1.82, 2.24) is 15.5 Å². The van der Waals surface area contributed by atoms with Gasteiger partial charge < -0.3 is 15.1 Å². The van der Waals surface area contributed by atoms with Gasteiger partial charge in [-0.05, 0) is 24.1 Å². The predicted octanol–water partition coefficient (Wildman–Crippen LogP) is 2.44. The van der Waals surface area contributed by atoms with Gasteiger partial charge >= 0.3 is 0 Å². The Kier molecular flexibility index (Phi) is 8.68. The highest BCUT2D eigenvalue weighted by Crippen LogP contribution is 2.24. The second-order valence-corrected chi connectivity index (χ2v) is 6.55. The molecule has 1 unspecified atom stereocenters. The van der Waals surface area contributed by atoms with Crippen molar-refractivity contribution in [3.63, 3.8) is 0 Å². The van der Waals surface area contributed by atoms with E-state index in [4.69, 9.17) is 4.42 Å². The zero-order valence-corrected chi connectivity index (χ0v) is 15.8. The number of furan rings is 1. The summed E-state index contributed by atoms with van der Waals surface area (Å²) in [5.74, 6) is 1.03. The number of nitrogens with one attached hydrogen (secondary N) is 2. The van der Waals surface area contributed by atoms with Crippen LogP contribution in [0.4, 0.5) is 0 Å². The maximum absolute atomic E-state index is 12.4. The van der Waals surface area contributed by atoms with Crippen molar-refractivity contribution in [2.75, 3.05) is 39.3 Å². The van der Waals surface area contributed by atoms with E-state index in [1.807, 2.05) is 30.3 Å². The first kappa shape index (κ1) is 20.5. The molecule has 6 heteroatoms. The number of nitrogens with zero attached hydrogens (tertiary/aromatic N) is 1. The number of hydrogen-bond donors (Lipinski definition) is 2. The van der Waals surface area contributed by atoms with Crippen LogP contribution in [0.25, 0.3) is 0 Å². The van der Waals surface area contributed by atoms with Crippen LogP contribution in [0.3, 0.4) is 0 Å². The quantitative estimate of drug-likeness (QED) is 0.741. The Bertz CT molecular complexity index is 628. The van der Waals surface area contributed by atoms with Crippen molar-refractivity contribution in [1.29, 1.82) is 0 Å². The normalized spacial score (nSPS) is 15.8. The number of carbonyl (C=O) groups excluding carboxylic acids is 1. The van der Waals surface area contributed by atoms with Crippen molar-refractivity contribution in [2.24, 2.45) is 0 Å². The number of amides is 1. The Balaban J connectivity index is 0.00000243. The lowest BCUT2D eigenvalue weighted by Gasteiger charge is -2.27. The zero-order chi connectivity index (χ0) is 17.3. The number of piperazine rings is 1. The van der Waals surface area contributed by atoms with Crippen LogP contribution in [0.2, 0.25) is 0 Å². The molecule has 1 atom stereocenters. The molecule has 0 spiro atoms. The van der Waals surface area contributed by atoms with Gasteiger partial charge in [-0.2, -0.15) is 0 Å². The molecular weight excluding hydrogens is 350 g/mol. The summed E-state index contributed by atoms with van der Waals surface area (Å²) in [4.78, 5) is 14.8. The SMILES string of the molecule is Cl.O=C(CC(Cc1ccccc1)c1ccco1)NCCN1CCNCC1. The lowest BCUT2D eigenvalue weighted by Crippen LogP contribution is -2.46. The number of hydrogen-bond acceptors (Lipinski definition) is 4. The number of halogens is 1. The van der Waals surface area contributed by atoms with Crippen LogP contribution in [0.15, 0.2) is 53.1 Å². The molecule has 0 saturated carbocycles. The summed E-state index contributed by atoms with van der Waals surface area (Å²) in [5.41, 5.74) is 1.22. The number of benzene rings is 1. The van der Waals surface area contributed by atoms with Gasteiger partial charge in [-0.25, -0.2) is 0 Å². The first-order valence-electron chi connectivity index (χ1n) is 9.08. The second-order valence-electron chi connectivity index (χ2n) is 6.55. The van der Waals surface area contributed by atoms with E-state index >= 15 is 0 Å². The Morgan fingerprint density at radius 1 is 1.15 bits per heavy atom. The van der Waals surface area contributed by atoms with E-state index in [2.05, 4.69) is 27.7 Å². The summed E-state index contributed by atoms with van der Waals surface area (Å²) in [6, 6.07) is 14.1. The molecule has 1 saturated heterocycles. The van der Waals surface area contributed by atoms with Crippen molar-refractivity contribution >= 4 is 18.3 Å². The molecule has 2 heterocycles. The zero-order valence-electron chi connectivity index (χ0n) is 15.0. The topological polar surface area (TPSA) is 57.5 Å². The predicted molar refractivity (Wildman–Crippen MR) is 106 cm³/mol. The molecule has 26 heavy (non-hydrogen) atoms. The number of carbonyl (C=O) groups is 1. The van der Waals surface area contributed by atoms with E-state index in [0.717, 1.165) is 44.9 Å². The summed E-state index contributed by atoms with van der Waals surface area (Å²) in [5, 5.41) is 6.40. The van der Waals surface area contributed by atoms with E-state index in [-0.39, 0.29) is 24.2 Å². The van der Waals surface area contributed by atoms with Crippen molar-refractivity contribution in [3.8, 4) is 0 Å². The summed E-state index contributed by atoms with van der Waals surface area (Å²) >= 11 is 0. The van der Waals surface area contributed by atoms with Crippen LogP contribution in [-0.2, 0) is 11.2 Å². The van der Waals surface area contributed by atoms with Crippen LogP contribution in [0.1, 0.15) is 23.7 Å². The molecular formula is C20H28ClN3O2. The highest BCUT2D eigenvalue weighted by molar-refractivity contribution is 5.85. The molecule has 1 amide bonds. The molecule has 1 fully saturated rings. The largest absolute Gasteiger partial charge is 0.469 e. The highest BCUT2D eigenvalue weighted by atomic mass is 35.5. The van der Waals surface area contributed by atoms with Crippen LogP contribution >= 0.6 is 12.4 Å². The van der Waals surface area contributed by atoms with Gasteiger partial charge in [0.05, 0.1) is 6.26 Å². The Hall–Kier alpha value is -1.82. The summed E-state index contributed by atoms with van der Waals surface area (Å²) in [6.07, 6.45) is 2.93. The van der Waals surface area contributed by atoms with Gasteiger partial charge in [-0.1, -0.05) is 30.3 Å². The van der Waals surface area contributed by atoms with Gasteiger partial charge in [-0.3, -0.25) is 9.69 Å². The average Bonchev–Trinajstić information content (AvgIpc) is 3.18. The van der Waals surface area contributed by atoms with Crippen LogP contribution in [-0.4, -0.2) is 50.1 Å². The highest BCUT2D eigenvalue weighted by Gasteiger charge is 2.19. The Labute approximate surface area is 161 Å². The molecule has 2 N–H and O–H groups in total. The standard InChI is InChI=1S/C20H27N3O2.ClH/c24-20(22-10-13-23-11-8-21-9-12-23)16-18(19-7-4-14-25-19)15-17-5-2-1-3-6-17;/h1-7,14,18,21H,8-13,15-16H2,(H,22,24);1H. The van der Waals surface area contributed by atoms with Gasteiger partial charge in [-0.15, -0.1) is 12.4 Å². The maximum atomic E-state index is 12.4. The maximum Gasteiger partial charge on any atom is 0.220 e. The molecule has 5 nitrogen and oxygen atoms in total. The third-order valence-electron chi connectivity index (χ3n) is 4.66. The minimum absolute atomic E-state index is 0. The fraction of sp³-hybridized carbons (Fsp3) is 0.450. The molecule has 3 rings (SSSR count). The molecule has 0 aliphatic carbocycles. The average molecular weight is 378 g/mol. The molecule has 1 aromatic heterocycles. The molecule has 0 bridgehead atoms. The minimum Gasteiger partial charge on any atom is -0.469 e. The van der Waals surface area contributed by atoms with Crippen molar-refractivity contribution < 1.29 is 9.21 Å². The van der Waals surface area contributed by atoms with E-state index in [0.29, 0.717) is 13.0 Å². The van der Waals surface area contributed by atoms with Gasteiger partial charge in [0.25, 0.3) is 0 Å². The fourth-order valence-corrected chi connectivity index (χ4v) is 3.28. The van der Waals surface area contributed by atoms with Gasteiger partial charge in [0.1, 0.15) is 5.76 Å². The van der Waals surface area contributed by atoms with Crippen LogP contribution in [0, 0.1) is 0 Å². The molecule has 1 aliphatic rings. The third kappa shape index (κ3) is 6.48. The summed E-state index contributed by atoms with van der Waals surface area (Å²) in [6.45, 7) is 5.79. The smallest absolute Gasteiger partial charge is 0.220 e. The van der Waals surface area contributed by atoms with Gasteiger partial charge in [0.15, 0.2) is 0 Å². The van der Waals surface area contributed by atoms with E-state index in [1.54, 1.807) is 6.26 Å². The van der Waals surface area contributed by atoms with E-state index in [1.165, 1.54) is 5.56 Å². The van der Waals surface area contributed by atoms with E-state index in [9.17, 15) is 4.79 Å². The molecule has 2 aromatic rings. The first-order valence-corrected chi connectivity index (χ1v) is 9.08.